The van der Waals surface area contributed by atoms with Crippen molar-refractivity contribution in [1.29, 1.82) is 0 Å². The summed E-state index contributed by atoms with van der Waals surface area (Å²) in [6, 6.07) is 6.74. The van der Waals surface area contributed by atoms with Gasteiger partial charge in [-0.1, -0.05) is 17.7 Å². The highest BCUT2D eigenvalue weighted by atomic mass is 32.2. The molecule has 0 aromatic heterocycles. The summed E-state index contributed by atoms with van der Waals surface area (Å²) in [6.07, 6.45) is 0. The maximum absolute atomic E-state index is 12.6. The Kier molecular flexibility index (Phi) is 5.61. The summed E-state index contributed by atoms with van der Waals surface area (Å²) in [4.78, 5) is 26.5. The molecule has 2 amide bonds. The SMILES string of the molecule is CC(=O)N(C)CC(=O)N1CCN(S(=O)(=O)c2ccc(C)cc2)CC1. The summed E-state index contributed by atoms with van der Waals surface area (Å²) in [7, 11) is -1.97. The second-order valence-corrected chi connectivity index (χ2v) is 7.91. The molecule has 0 N–H and O–H groups in total. The van der Waals surface area contributed by atoms with E-state index >= 15 is 0 Å². The Morgan fingerprint density at radius 3 is 2.12 bits per heavy atom. The Labute approximate surface area is 142 Å². The monoisotopic (exact) mass is 353 g/mol. The van der Waals surface area contributed by atoms with E-state index in [4.69, 9.17) is 0 Å². The highest BCUT2D eigenvalue weighted by molar-refractivity contribution is 7.89. The molecule has 0 spiro atoms. The van der Waals surface area contributed by atoms with Crippen LogP contribution in [0.3, 0.4) is 0 Å². The zero-order valence-electron chi connectivity index (χ0n) is 14.2. The van der Waals surface area contributed by atoms with Crippen molar-refractivity contribution in [3.8, 4) is 0 Å². The fourth-order valence-corrected chi connectivity index (χ4v) is 3.87. The van der Waals surface area contributed by atoms with Crippen molar-refractivity contribution in [3.63, 3.8) is 0 Å². The van der Waals surface area contributed by atoms with Gasteiger partial charge >= 0.3 is 0 Å². The number of carbonyl (C=O) groups excluding carboxylic acids is 2. The zero-order chi connectivity index (χ0) is 17.9. The fraction of sp³-hybridized carbons (Fsp3) is 0.500. The molecule has 0 radical (unpaired) electrons. The van der Waals surface area contributed by atoms with Gasteiger partial charge in [0, 0.05) is 40.2 Å². The highest BCUT2D eigenvalue weighted by Crippen LogP contribution is 2.18. The molecule has 1 aromatic carbocycles. The number of nitrogens with zero attached hydrogens (tertiary/aromatic N) is 3. The number of amides is 2. The van der Waals surface area contributed by atoms with Gasteiger partial charge in [0.1, 0.15) is 0 Å². The highest BCUT2D eigenvalue weighted by Gasteiger charge is 2.30. The Morgan fingerprint density at radius 2 is 1.62 bits per heavy atom. The number of carbonyl (C=O) groups is 2. The smallest absolute Gasteiger partial charge is 0.243 e. The summed E-state index contributed by atoms with van der Waals surface area (Å²) in [5.41, 5.74) is 0.999. The lowest BCUT2D eigenvalue weighted by Crippen LogP contribution is -2.52. The molecular formula is C16H23N3O4S. The second kappa shape index (κ2) is 7.31. The Balaban J connectivity index is 1.98. The van der Waals surface area contributed by atoms with E-state index in [1.165, 1.54) is 16.1 Å². The zero-order valence-corrected chi connectivity index (χ0v) is 15.0. The molecule has 0 unspecified atom stereocenters. The third-order valence-electron chi connectivity index (χ3n) is 4.16. The second-order valence-electron chi connectivity index (χ2n) is 5.97. The summed E-state index contributed by atoms with van der Waals surface area (Å²) in [6.45, 7) is 4.49. The first-order valence-corrected chi connectivity index (χ1v) is 9.22. The molecule has 8 heteroatoms. The van der Waals surface area contributed by atoms with Gasteiger partial charge in [-0.3, -0.25) is 9.59 Å². The summed E-state index contributed by atoms with van der Waals surface area (Å²) in [5, 5.41) is 0. The molecule has 0 atom stereocenters. The van der Waals surface area contributed by atoms with Crippen LogP contribution in [0.15, 0.2) is 29.2 Å². The lowest BCUT2D eigenvalue weighted by Gasteiger charge is -2.34. The van der Waals surface area contributed by atoms with Crippen molar-refractivity contribution >= 4 is 21.8 Å². The Bertz CT molecular complexity index is 707. The predicted molar refractivity (Wildman–Crippen MR) is 89.8 cm³/mol. The molecule has 1 fully saturated rings. The lowest BCUT2D eigenvalue weighted by atomic mass is 10.2. The number of sulfonamides is 1. The van der Waals surface area contributed by atoms with Gasteiger partial charge in [-0.2, -0.15) is 4.31 Å². The van der Waals surface area contributed by atoms with Crippen LogP contribution >= 0.6 is 0 Å². The van der Waals surface area contributed by atoms with E-state index in [9.17, 15) is 18.0 Å². The number of likely N-dealkylation sites (N-methyl/N-ethyl adjacent to an activating group) is 1. The largest absolute Gasteiger partial charge is 0.339 e. The van der Waals surface area contributed by atoms with E-state index in [0.29, 0.717) is 13.1 Å². The first-order chi connectivity index (χ1) is 11.2. The van der Waals surface area contributed by atoms with Crippen molar-refractivity contribution in [2.45, 2.75) is 18.7 Å². The van der Waals surface area contributed by atoms with Gasteiger partial charge in [0.2, 0.25) is 21.8 Å². The first kappa shape index (κ1) is 18.4. The van der Waals surface area contributed by atoms with Gasteiger partial charge in [0.25, 0.3) is 0 Å². The van der Waals surface area contributed by atoms with Crippen molar-refractivity contribution in [1.82, 2.24) is 14.1 Å². The van der Waals surface area contributed by atoms with E-state index in [0.717, 1.165) is 5.56 Å². The van der Waals surface area contributed by atoms with Crippen LogP contribution in [0.25, 0.3) is 0 Å². The van der Waals surface area contributed by atoms with Crippen LogP contribution < -0.4 is 0 Å². The minimum absolute atomic E-state index is 0.0139. The Morgan fingerprint density at radius 1 is 1.08 bits per heavy atom. The van der Waals surface area contributed by atoms with E-state index in [1.54, 1.807) is 36.2 Å². The van der Waals surface area contributed by atoms with Crippen LogP contribution in [0.2, 0.25) is 0 Å². The van der Waals surface area contributed by atoms with Crippen molar-refractivity contribution in [2.75, 3.05) is 39.8 Å². The number of hydrogen-bond acceptors (Lipinski definition) is 4. The predicted octanol–water partition coefficient (Wildman–Crippen LogP) is 0.306. The number of piperazine rings is 1. The first-order valence-electron chi connectivity index (χ1n) is 7.78. The van der Waals surface area contributed by atoms with Crippen molar-refractivity contribution in [2.24, 2.45) is 0 Å². The van der Waals surface area contributed by atoms with Crippen molar-refractivity contribution in [3.05, 3.63) is 29.8 Å². The quantitative estimate of drug-likeness (QED) is 0.780. The normalized spacial score (nSPS) is 16.0. The lowest BCUT2D eigenvalue weighted by molar-refractivity contribution is -0.139. The van der Waals surface area contributed by atoms with Crippen LogP contribution in [0, 0.1) is 6.92 Å². The van der Waals surface area contributed by atoms with E-state index in [2.05, 4.69) is 0 Å². The van der Waals surface area contributed by atoms with Crippen LogP contribution in [0.5, 0.6) is 0 Å². The van der Waals surface area contributed by atoms with Gasteiger partial charge in [0.05, 0.1) is 11.4 Å². The standard InChI is InChI=1S/C16H23N3O4S/c1-13-4-6-15(7-5-13)24(22,23)19-10-8-18(9-11-19)16(21)12-17(3)14(2)20/h4-7H,8-12H2,1-3H3. The van der Waals surface area contributed by atoms with E-state index in [-0.39, 0.29) is 36.3 Å². The summed E-state index contributed by atoms with van der Waals surface area (Å²) >= 11 is 0. The topological polar surface area (TPSA) is 78.0 Å². The molecule has 1 saturated heterocycles. The molecule has 1 aliphatic heterocycles. The molecular weight excluding hydrogens is 330 g/mol. The molecule has 0 bridgehead atoms. The average Bonchev–Trinajstić information content (AvgIpc) is 2.55. The third-order valence-corrected chi connectivity index (χ3v) is 6.07. The number of aryl methyl sites for hydroxylation is 1. The van der Waals surface area contributed by atoms with Gasteiger partial charge in [-0.15, -0.1) is 0 Å². The van der Waals surface area contributed by atoms with Crippen molar-refractivity contribution < 1.29 is 18.0 Å². The van der Waals surface area contributed by atoms with Gasteiger partial charge in [0.15, 0.2) is 0 Å². The summed E-state index contributed by atoms with van der Waals surface area (Å²) in [5.74, 6) is -0.344. The summed E-state index contributed by atoms with van der Waals surface area (Å²) < 4.78 is 26.6. The molecule has 1 heterocycles. The van der Waals surface area contributed by atoms with Crippen LogP contribution in [-0.2, 0) is 19.6 Å². The molecule has 0 saturated carbocycles. The minimum Gasteiger partial charge on any atom is -0.339 e. The number of benzene rings is 1. The van der Waals surface area contributed by atoms with Crippen LogP contribution in [0.1, 0.15) is 12.5 Å². The molecule has 0 aliphatic carbocycles. The maximum atomic E-state index is 12.6. The fourth-order valence-electron chi connectivity index (χ4n) is 2.45. The van der Waals surface area contributed by atoms with Gasteiger partial charge < -0.3 is 9.80 Å². The third kappa shape index (κ3) is 4.12. The molecule has 1 aromatic rings. The van der Waals surface area contributed by atoms with Crippen LogP contribution in [-0.4, -0.2) is 74.1 Å². The van der Waals surface area contributed by atoms with Gasteiger partial charge in [-0.25, -0.2) is 8.42 Å². The van der Waals surface area contributed by atoms with E-state index in [1.807, 2.05) is 6.92 Å². The Hall–Kier alpha value is -1.93. The molecule has 24 heavy (non-hydrogen) atoms. The minimum atomic E-state index is -3.53. The number of rotatable bonds is 4. The molecule has 132 valence electrons. The number of hydrogen-bond donors (Lipinski definition) is 0. The maximum Gasteiger partial charge on any atom is 0.243 e. The average molecular weight is 353 g/mol. The molecule has 7 nitrogen and oxygen atoms in total. The molecule has 2 rings (SSSR count). The van der Waals surface area contributed by atoms with E-state index < -0.39 is 10.0 Å². The molecule has 1 aliphatic rings. The van der Waals surface area contributed by atoms with Gasteiger partial charge in [-0.05, 0) is 19.1 Å². The van der Waals surface area contributed by atoms with Crippen LogP contribution in [0.4, 0.5) is 0 Å².